The third kappa shape index (κ3) is 3.71. The van der Waals surface area contributed by atoms with Crippen LogP contribution < -0.4 is 10.6 Å². The second-order valence-corrected chi connectivity index (χ2v) is 7.64. The third-order valence-electron chi connectivity index (χ3n) is 3.83. The fourth-order valence-corrected chi connectivity index (χ4v) is 4.12. The largest absolute Gasteiger partial charge is 0.298 e. The van der Waals surface area contributed by atoms with Gasteiger partial charge in [-0.2, -0.15) is 0 Å². The molecule has 0 unspecified atom stereocenters. The lowest BCUT2D eigenvalue weighted by Gasteiger charge is -2.01. The zero-order valence-corrected chi connectivity index (χ0v) is 15.9. The number of aromatic nitrogens is 2. The normalized spacial score (nSPS) is 10.7. The average molecular weight is 394 g/mol. The smallest absolute Gasteiger partial charge is 0.276 e. The van der Waals surface area contributed by atoms with Crippen LogP contribution in [-0.2, 0) is 0 Å². The monoisotopic (exact) mass is 394 g/mol. The van der Waals surface area contributed by atoms with Gasteiger partial charge < -0.3 is 0 Å². The molecule has 0 atom stereocenters. The quantitative estimate of drug-likeness (QED) is 0.531. The van der Waals surface area contributed by atoms with Gasteiger partial charge in [0.05, 0.1) is 10.2 Å². The number of hydrogen-bond donors (Lipinski definition) is 2. The minimum atomic E-state index is -0.358. The number of carbonyl (C=O) groups is 2. The Morgan fingerprint density at radius 3 is 2.44 bits per heavy atom. The van der Waals surface area contributed by atoms with Gasteiger partial charge >= 0.3 is 0 Å². The van der Waals surface area contributed by atoms with Gasteiger partial charge in [-0.05, 0) is 30.7 Å². The second-order valence-electron chi connectivity index (χ2n) is 5.75. The van der Waals surface area contributed by atoms with Crippen LogP contribution in [0, 0.1) is 6.92 Å². The van der Waals surface area contributed by atoms with Crippen LogP contribution in [0.25, 0.3) is 10.2 Å². The van der Waals surface area contributed by atoms with E-state index in [-0.39, 0.29) is 17.5 Å². The maximum atomic E-state index is 12.4. The third-order valence-corrected chi connectivity index (χ3v) is 5.53. The number of hydrogen-bond acceptors (Lipinski definition) is 6. The number of nitrogens with one attached hydrogen (secondary N) is 2. The summed E-state index contributed by atoms with van der Waals surface area (Å²) in [7, 11) is 0. The van der Waals surface area contributed by atoms with Crippen LogP contribution >= 0.6 is 22.7 Å². The summed E-state index contributed by atoms with van der Waals surface area (Å²) in [6, 6.07) is 14.8. The molecule has 2 N–H and O–H groups in total. The molecule has 2 heterocycles. The van der Waals surface area contributed by atoms with Crippen LogP contribution in [0.5, 0.6) is 0 Å². The fourth-order valence-electron chi connectivity index (χ4n) is 2.50. The van der Waals surface area contributed by atoms with Gasteiger partial charge in [0.1, 0.15) is 5.69 Å². The van der Waals surface area contributed by atoms with Crippen LogP contribution in [-0.4, -0.2) is 21.8 Å². The van der Waals surface area contributed by atoms with E-state index in [0.717, 1.165) is 15.8 Å². The van der Waals surface area contributed by atoms with E-state index in [4.69, 9.17) is 0 Å². The molecular weight excluding hydrogens is 380 g/mol. The Labute approximate surface area is 162 Å². The lowest BCUT2D eigenvalue weighted by atomic mass is 10.2. The summed E-state index contributed by atoms with van der Waals surface area (Å²) < 4.78 is 1.01. The molecule has 0 radical (unpaired) electrons. The van der Waals surface area contributed by atoms with Crippen molar-refractivity contribution in [3.63, 3.8) is 0 Å². The number of thiazole rings is 2. The Bertz CT molecular complexity index is 1140. The first-order chi connectivity index (χ1) is 13.1. The summed E-state index contributed by atoms with van der Waals surface area (Å²) in [5.41, 5.74) is 2.71. The second kappa shape index (κ2) is 7.26. The van der Waals surface area contributed by atoms with Crippen LogP contribution in [0.2, 0.25) is 0 Å². The van der Waals surface area contributed by atoms with E-state index in [0.29, 0.717) is 15.8 Å². The minimum Gasteiger partial charge on any atom is -0.298 e. The number of para-hydroxylation sites is 1. The summed E-state index contributed by atoms with van der Waals surface area (Å²) in [5, 5.41) is 7.97. The van der Waals surface area contributed by atoms with Crippen molar-refractivity contribution < 1.29 is 9.59 Å². The Kier molecular flexibility index (Phi) is 4.66. The fraction of sp³-hybridized carbons (Fsp3) is 0.0526. The Morgan fingerprint density at radius 1 is 0.889 bits per heavy atom. The Hall–Kier alpha value is -3.10. The van der Waals surface area contributed by atoms with Gasteiger partial charge in [0.15, 0.2) is 10.3 Å². The average Bonchev–Trinajstić information content (AvgIpc) is 3.30. The maximum Gasteiger partial charge on any atom is 0.276 e. The molecule has 0 aliphatic heterocycles. The molecule has 134 valence electrons. The molecule has 4 rings (SSSR count). The van der Waals surface area contributed by atoms with E-state index in [1.54, 1.807) is 29.6 Å². The van der Waals surface area contributed by atoms with E-state index in [9.17, 15) is 9.59 Å². The van der Waals surface area contributed by atoms with Crippen molar-refractivity contribution in [2.75, 3.05) is 10.6 Å². The first-order valence-corrected chi connectivity index (χ1v) is 9.79. The Morgan fingerprint density at radius 2 is 1.67 bits per heavy atom. The van der Waals surface area contributed by atoms with Crippen molar-refractivity contribution in [2.45, 2.75) is 6.92 Å². The zero-order chi connectivity index (χ0) is 18.8. The summed E-state index contributed by atoms with van der Waals surface area (Å²) in [6.45, 7) is 1.98. The van der Waals surface area contributed by atoms with Crippen LogP contribution in [0.3, 0.4) is 0 Å². The van der Waals surface area contributed by atoms with Gasteiger partial charge in [0, 0.05) is 10.9 Å². The van der Waals surface area contributed by atoms with Gasteiger partial charge in [-0.3, -0.25) is 20.2 Å². The topological polar surface area (TPSA) is 84.0 Å². The van der Waals surface area contributed by atoms with E-state index < -0.39 is 0 Å². The predicted octanol–water partition coefficient (Wildman–Crippen LogP) is 4.57. The van der Waals surface area contributed by atoms with Crippen molar-refractivity contribution in [1.82, 2.24) is 9.97 Å². The lowest BCUT2D eigenvalue weighted by Crippen LogP contribution is -2.14. The summed E-state index contributed by atoms with van der Waals surface area (Å²) in [4.78, 5) is 33.3. The molecule has 0 spiro atoms. The van der Waals surface area contributed by atoms with Gasteiger partial charge in [-0.25, -0.2) is 9.97 Å². The first-order valence-electron chi connectivity index (χ1n) is 8.09. The highest BCUT2D eigenvalue weighted by molar-refractivity contribution is 7.22. The van der Waals surface area contributed by atoms with Crippen molar-refractivity contribution in [1.29, 1.82) is 0 Å². The predicted molar refractivity (Wildman–Crippen MR) is 109 cm³/mol. The van der Waals surface area contributed by atoms with Crippen LogP contribution in [0.15, 0.2) is 53.9 Å². The number of rotatable bonds is 4. The molecule has 8 heteroatoms. The van der Waals surface area contributed by atoms with Gasteiger partial charge in [-0.1, -0.05) is 41.7 Å². The SMILES string of the molecule is Cc1cccc2sc(NC(=O)c3csc(NC(=O)c4ccccc4)n3)nc12. The van der Waals surface area contributed by atoms with E-state index >= 15 is 0 Å². The van der Waals surface area contributed by atoms with Crippen LogP contribution in [0.1, 0.15) is 26.4 Å². The molecule has 6 nitrogen and oxygen atoms in total. The highest BCUT2D eigenvalue weighted by Crippen LogP contribution is 2.28. The summed E-state index contributed by atoms with van der Waals surface area (Å²) in [5.74, 6) is -0.623. The molecular formula is C19H14N4O2S2. The van der Waals surface area contributed by atoms with E-state index in [2.05, 4.69) is 20.6 Å². The molecule has 0 fully saturated rings. The molecule has 0 aliphatic carbocycles. The molecule has 27 heavy (non-hydrogen) atoms. The highest BCUT2D eigenvalue weighted by atomic mass is 32.1. The van der Waals surface area contributed by atoms with Crippen molar-refractivity contribution in [3.05, 3.63) is 70.7 Å². The number of fused-ring (bicyclic) bond motifs is 1. The van der Waals surface area contributed by atoms with Gasteiger partial charge in [0.2, 0.25) is 0 Å². The summed E-state index contributed by atoms with van der Waals surface area (Å²) >= 11 is 2.61. The molecule has 4 aromatic rings. The molecule has 2 aromatic carbocycles. The zero-order valence-electron chi connectivity index (χ0n) is 14.2. The number of benzene rings is 2. The van der Waals surface area contributed by atoms with Gasteiger partial charge in [0.25, 0.3) is 11.8 Å². The molecule has 0 aliphatic rings. The first kappa shape index (κ1) is 17.3. The van der Waals surface area contributed by atoms with Crippen LogP contribution in [0.4, 0.5) is 10.3 Å². The van der Waals surface area contributed by atoms with E-state index in [1.165, 1.54) is 22.7 Å². The summed E-state index contributed by atoms with van der Waals surface area (Å²) in [6.07, 6.45) is 0. The minimum absolute atomic E-state index is 0.235. The molecule has 0 bridgehead atoms. The highest BCUT2D eigenvalue weighted by Gasteiger charge is 2.15. The van der Waals surface area contributed by atoms with Gasteiger partial charge in [-0.15, -0.1) is 11.3 Å². The number of aryl methyl sites for hydroxylation is 1. The van der Waals surface area contributed by atoms with Crippen molar-refractivity contribution in [3.8, 4) is 0 Å². The lowest BCUT2D eigenvalue weighted by molar-refractivity contribution is 0.101. The Balaban J connectivity index is 1.46. The number of anilines is 2. The number of carbonyl (C=O) groups excluding carboxylic acids is 2. The molecule has 2 amide bonds. The molecule has 0 saturated heterocycles. The molecule has 0 saturated carbocycles. The van der Waals surface area contributed by atoms with E-state index in [1.807, 2.05) is 31.2 Å². The molecule has 2 aromatic heterocycles. The maximum absolute atomic E-state index is 12.4. The number of amides is 2. The van der Waals surface area contributed by atoms with Crippen molar-refractivity contribution >= 4 is 55.0 Å². The standard InChI is InChI=1S/C19H14N4O2S2/c1-11-6-5-9-14-15(11)21-19(27-14)23-17(25)13-10-26-18(20-13)22-16(24)12-7-3-2-4-8-12/h2-10H,1H3,(H,20,22,24)(H,21,23,25). The van der Waals surface area contributed by atoms with Crippen molar-refractivity contribution in [2.24, 2.45) is 0 Å². The number of nitrogens with zero attached hydrogens (tertiary/aromatic N) is 2.